The molecule has 0 spiro atoms. The fourth-order valence-electron chi connectivity index (χ4n) is 4.23. The van der Waals surface area contributed by atoms with E-state index in [0.29, 0.717) is 25.5 Å². The van der Waals surface area contributed by atoms with E-state index >= 15 is 0 Å². The zero-order valence-corrected chi connectivity index (χ0v) is 21.1. The van der Waals surface area contributed by atoms with Gasteiger partial charge in [0.15, 0.2) is 0 Å². The zero-order valence-electron chi connectivity index (χ0n) is 21.1. The first-order valence-corrected chi connectivity index (χ1v) is 11.9. The molecule has 0 bridgehead atoms. The van der Waals surface area contributed by atoms with Gasteiger partial charge in [-0.2, -0.15) is 0 Å². The van der Waals surface area contributed by atoms with Crippen molar-refractivity contribution in [1.82, 2.24) is 9.88 Å². The Balaban J connectivity index is 1.86. The summed E-state index contributed by atoms with van der Waals surface area (Å²) < 4.78 is 17.0. The third kappa shape index (κ3) is 6.49. The lowest BCUT2D eigenvalue weighted by Crippen LogP contribution is -2.48. The normalized spacial score (nSPS) is 18.4. The predicted octanol–water partition coefficient (Wildman–Crippen LogP) is 5.18. The van der Waals surface area contributed by atoms with Crippen molar-refractivity contribution in [3.8, 4) is 5.88 Å². The predicted molar refractivity (Wildman–Crippen MR) is 130 cm³/mol. The fraction of sp³-hybridized carbons (Fsp3) is 0.519. The number of likely N-dealkylation sites (tertiary alicyclic amines) is 1. The second kappa shape index (κ2) is 10.9. The van der Waals surface area contributed by atoms with Gasteiger partial charge >= 0.3 is 12.1 Å². The Labute approximate surface area is 202 Å². The fourth-order valence-corrected chi connectivity index (χ4v) is 4.23. The van der Waals surface area contributed by atoms with Gasteiger partial charge in [0.1, 0.15) is 12.2 Å². The minimum absolute atomic E-state index is 0.112. The Morgan fingerprint density at radius 1 is 1.15 bits per heavy atom. The highest BCUT2D eigenvalue weighted by molar-refractivity contribution is 5.76. The van der Waals surface area contributed by atoms with Crippen molar-refractivity contribution in [3.05, 3.63) is 58.8 Å². The summed E-state index contributed by atoms with van der Waals surface area (Å²) in [5, 5.41) is 0. The van der Waals surface area contributed by atoms with Crippen LogP contribution < -0.4 is 4.74 Å². The number of ether oxygens (including phenoxy) is 3. The van der Waals surface area contributed by atoms with Gasteiger partial charge in [-0.3, -0.25) is 4.79 Å². The summed E-state index contributed by atoms with van der Waals surface area (Å²) in [6.07, 6.45) is 0.209. The molecule has 1 fully saturated rings. The zero-order chi connectivity index (χ0) is 24.9. The lowest BCUT2D eigenvalue weighted by Gasteiger charge is -2.38. The number of rotatable bonds is 6. The number of hydrogen-bond acceptors (Lipinski definition) is 6. The number of aromatic nitrogens is 1. The summed E-state index contributed by atoms with van der Waals surface area (Å²) in [4.78, 5) is 31.9. The topological polar surface area (TPSA) is 78.0 Å². The van der Waals surface area contributed by atoms with Gasteiger partial charge in [-0.1, -0.05) is 30.3 Å². The molecule has 184 valence electrons. The molecule has 0 saturated carbocycles. The molecule has 2 unspecified atom stereocenters. The van der Waals surface area contributed by atoms with Crippen LogP contribution in [0.4, 0.5) is 4.79 Å². The first-order valence-electron chi connectivity index (χ1n) is 11.9. The maximum atomic E-state index is 13.0. The summed E-state index contributed by atoms with van der Waals surface area (Å²) >= 11 is 0. The third-order valence-corrected chi connectivity index (χ3v) is 6.02. The van der Waals surface area contributed by atoms with Gasteiger partial charge < -0.3 is 19.1 Å². The van der Waals surface area contributed by atoms with Gasteiger partial charge in [-0.15, -0.1) is 0 Å². The average Bonchev–Trinajstić information content (AvgIpc) is 2.79. The van der Waals surface area contributed by atoms with Gasteiger partial charge in [0.25, 0.3) is 0 Å². The van der Waals surface area contributed by atoms with Crippen molar-refractivity contribution < 1.29 is 23.8 Å². The highest BCUT2D eigenvalue weighted by Crippen LogP contribution is 2.38. The van der Waals surface area contributed by atoms with Crippen LogP contribution in [0, 0.1) is 19.8 Å². The van der Waals surface area contributed by atoms with Crippen LogP contribution in [0.25, 0.3) is 0 Å². The highest BCUT2D eigenvalue weighted by atomic mass is 16.6. The van der Waals surface area contributed by atoms with Crippen LogP contribution in [-0.4, -0.2) is 47.2 Å². The van der Waals surface area contributed by atoms with Gasteiger partial charge in [0.2, 0.25) is 5.88 Å². The van der Waals surface area contributed by atoms with E-state index in [0.717, 1.165) is 22.4 Å². The van der Waals surface area contributed by atoms with E-state index in [1.807, 2.05) is 71.0 Å². The number of carbonyl (C=O) groups excluding carboxylic acids is 2. The van der Waals surface area contributed by atoms with Crippen LogP contribution >= 0.6 is 0 Å². The van der Waals surface area contributed by atoms with Crippen molar-refractivity contribution in [1.29, 1.82) is 0 Å². The van der Waals surface area contributed by atoms with Crippen molar-refractivity contribution in [2.45, 2.75) is 66.1 Å². The second-order valence-electron chi connectivity index (χ2n) is 9.71. The number of benzene rings is 1. The smallest absolute Gasteiger partial charge is 0.410 e. The Morgan fingerprint density at radius 2 is 1.85 bits per heavy atom. The summed E-state index contributed by atoms with van der Waals surface area (Å²) in [5.74, 6) is -0.386. The molecule has 7 nitrogen and oxygen atoms in total. The number of esters is 1. The third-order valence-electron chi connectivity index (χ3n) is 6.02. The number of pyridine rings is 1. The molecule has 2 heterocycles. The number of aryl methyl sites for hydroxylation is 1. The van der Waals surface area contributed by atoms with Crippen LogP contribution in [0.2, 0.25) is 0 Å². The molecule has 1 amide bonds. The molecule has 1 aliphatic rings. The van der Waals surface area contributed by atoms with Gasteiger partial charge in [0, 0.05) is 30.8 Å². The van der Waals surface area contributed by atoms with Crippen LogP contribution in [0.15, 0.2) is 36.4 Å². The van der Waals surface area contributed by atoms with Gasteiger partial charge in [-0.25, -0.2) is 9.78 Å². The SMILES string of the molecule is CCOC(=O)C1CN(C(=O)OC(C)(C)C)CCC1c1cc(OCc2ccccc2)nc(C)c1C. The number of nitrogens with zero attached hydrogens (tertiary/aromatic N) is 2. The van der Waals surface area contributed by atoms with E-state index < -0.39 is 17.6 Å². The van der Waals surface area contributed by atoms with E-state index in [4.69, 9.17) is 14.2 Å². The monoisotopic (exact) mass is 468 g/mol. The van der Waals surface area contributed by atoms with Crippen molar-refractivity contribution in [2.24, 2.45) is 5.92 Å². The van der Waals surface area contributed by atoms with Crippen molar-refractivity contribution in [3.63, 3.8) is 0 Å². The van der Waals surface area contributed by atoms with Crippen LogP contribution in [0.1, 0.15) is 62.4 Å². The molecule has 0 aliphatic carbocycles. The molecular weight excluding hydrogens is 432 g/mol. The highest BCUT2D eigenvalue weighted by Gasteiger charge is 2.40. The molecule has 0 radical (unpaired) electrons. The summed E-state index contributed by atoms with van der Waals surface area (Å²) in [7, 11) is 0. The maximum absolute atomic E-state index is 13.0. The molecule has 1 aliphatic heterocycles. The molecule has 34 heavy (non-hydrogen) atoms. The maximum Gasteiger partial charge on any atom is 0.410 e. The minimum Gasteiger partial charge on any atom is -0.473 e. The number of hydrogen-bond donors (Lipinski definition) is 0. The van der Waals surface area contributed by atoms with Crippen LogP contribution in [0.5, 0.6) is 5.88 Å². The quantitative estimate of drug-likeness (QED) is 0.544. The summed E-state index contributed by atoms with van der Waals surface area (Å²) in [6, 6.07) is 11.9. The molecule has 2 aromatic rings. The van der Waals surface area contributed by atoms with Crippen molar-refractivity contribution in [2.75, 3.05) is 19.7 Å². The Bertz CT molecular complexity index is 1000. The van der Waals surface area contributed by atoms with Gasteiger partial charge in [-0.05, 0) is 64.7 Å². The standard InChI is InChI=1S/C27H36N2O5/c1-7-32-25(30)23-16-29(26(31)34-27(4,5)6)14-13-21(23)22-15-24(28-19(3)18(22)2)33-17-20-11-9-8-10-12-20/h8-12,15,21,23H,7,13-14,16-17H2,1-6H3. The Morgan fingerprint density at radius 3 is 2.50 bits per heavy atom. The molecule has 7 heteroatoms. The molecule has 1 saturated heterocycles. The second-order valence-corrected chi connectivity index (χ2v) is 9.71. The van der Waals surface area contributed by atoms with Crippen LogP contribution in [-0.2, 0) is 20.9 Å². The molecule has 1 aromatic heterocycles. The first kappa shape index (κ1) is 25.5. The molecular formula is C27H36N2O5. The van der Waals surface area contributed by atoms with E-state index in [1.165, 1.54) is 0 Å². The minimum atomic E-state index is -0.600. The number of piperidine rings is 1. The lowest BCUT2D eigenvalue weighted by atomic mass is 9.79. The van der Waals surface area contributed by atoms with Gasteiger partial charge in [0.05, 0.1) is 12.5 Å². The molecule has 0 N–H and O–H groups in total. The molecule has 2 atom stereocenters. The molecule has 1 aromatic carbocycles. The lowest BCUT2D eigenvalue weighted by molar-refractivity contribution is -0.150. The van der Waals surface area contributed by atoms with Crippen molar-refractivity contribution >= 4 is 12.1 Å². The van der Waals surface area contributed by atoms with E-state index in [2.05, 4.69) is 4.98 Å². The number of carbonyl (C=O) groups is 2. The number of amides is 1. The summed E-state index contributed by atoms with van der Waals surface area (Å²) in [6.45, 7) is 12.7. The van der Waals surface area contributed by atoms with Crippen LogP contribution in [0.3, 0.4) is 0 Å². The van der Waals surface area contributed by atoms with E-state index in [9.17, 15) is 9.59 Å². The average molecular weight is 469 g/mol. The Kier molecular flexibility index (Phi) is 8.18. The first-order chi connectivity index (χ1) is 16.1. The largest absolute Gasteiger partial charge is 0.473 e. The van der Waals surface area contributed by atoms with E-state index in [1.54, 1.807) is 11.8 Å². The Hall–Kier alpha value is -3.09. The van der Waals surface area contributed by atoms with E-state index in [-0.39, 0.29) is 25.0 Å². The molecule has 3 rings (SSSR count). The summed E-state index contributed by atoms with van der Waals surface area (Å²) in [5.41, 5.74) is 3.35.